The minimum atomic E-state index is 0.156. The van der Waals surface area contributed by atoms with Gasteiger partial charge in [-0.3, -0.25) is 0 Å². The van der Waals surface area contributed by atoms with Crippen LogP contribution < -0.4 is 5.73 Å². The highest BCUT2D eigenvalue weighted by Crippen LogP contribution is 2.44. The number of rotatable bonds is 2. The predicted molar refractivity (Wildman–Crippen MR) is 117 cm³/mol. The monoisotopic (exact) mass is 392 g/mol. The number of fused-ring (bicyclic) bond motifs is 1. The lowest BCUT2D eigenvalue weighted by Crippen LogP contribution is -2.04. The van der Waals surface area contributed by atoms with Crippen LogP contribution in [0.5, 0.6) is 0 Å². The summed E-state index contributed by atoms with van der Waals surface area (Å²) in [5.41, 5.74) is 13.8. The van der Waals surface area contributed by atoms with Gasteiger partial charge in [-0.1, -0.05) is 6.07 Å². The summed E-state index contributed by atoms with van der Waals surface area (Å²) in [4.78, 5) is 8.86. The summed E-state index contributed by atoms with van der Waals surface area (Å²) < 4.78 is 2.10. The van der Waals surface area contributed by atoms with E-state index in [0.717, 1.165) is 45.0 Å². The summed E-state index contributed by atoms with van der Waals surface area (Å²) >= 11 is 0. The number of hydrogen-bond donors (Lipinski definition) is 1. The molecule has 30 heavy (non-hydrogen) atoms. The zero-order chi connectivity index (χ0) is 21.6. The largest absolute Gasteiger partial charge is 0.383 e. The van der Waals surface area contributed by atoms with Crippen molar-refractivity contribution in [2.45, 2.75) is 27.7 Å². The van der Waals surface area contributed by atoms with E-state index in [9.17, 15) is 10.5 Å². The summed E-state index contributed by atoms with van der Waals surface area (Å²) in [5, 5.41) is 19.3. The molecule has 0 unspecified atom stereocenters. The Hall–Kier alpha value is -4.16. The summed E-state index contributed by atoms with van der Waals surface area (Å²) in [6.07, 6.45) is 3.83. The number of aryl methyl sites for hydroxylation is 1. The van der Waals surface area contributed by atoms with Crippen molar-refractivity contribution in [3.05, 3.63) is 75.4 Å². The molecule has 3 aromatic rings. The molecule has 4 rings (SSSR count). The third-order valence-electron chi connectivity index (χ3n) is 5.63. The van der Waals surface area contributed by atoms with Gasteiger partial charge < -0.3 is 10.3 Å². The van der Waals surface area contributed by atoms with E-state index in [4.69, 9.17) is 5.73 Å². The molecule has 1 aliphatic carbocycles. The van der Waals surface area contributed by atoms with Gasteiger partial charge in [0.1, 0.15) is 23.8 Å². The molecule has 0 fully saturated rings. The second-order valence-corrected chi connectivity index (χ2v) is 7.35. The van der Waals surface area contributed by atoms with Crippen LogP contribution in [0.15, 0.2) is 36.0 Å². The van der Waals surface area contributed by atoms with Crippen molar-refractivity contribution >= 4 is 23.0 Å². The van der Waals surface area contributed by atoms with Gasteiger partial charge in [0.2, 0.25) is 0 Å². The van der Waals surface area contributed by atoms with E-state index < -0.39 is 0 Å². The van der Waals surface area contributed by atoms with Crippen molar-refractivity contribution in [3.8, 4) is 18.0 Å². The Bertz CT molecular complexity index is 1340. The first kappa shape index (κ1) is 19.2. The summed E-state index contributed by atoms with van der Waals surface area (Å²) in [6, 6.07) is 12.3. The lowest BCUT2D eigenvalue weighted by Gasteiger charge is -2.11. The molecule has 6 heteroatoms. The number of anilines is 1. The van der Waals surface area contributed by atoms with Crippen LogP contribution in [0.25, 0.3) is 23.0 Å². The molecule has 0 aromatic carbocycles. The van der Waals surface area contributed by atoms with Crippen LogP contribution in [0, 0.1) is 43.4 Å². The molecule has 1 aliphatic rings. The first-order chi connectivity index (χ1) is 14.4. The van der Waals surface area contributed by atoms with Gasteiger partial charge in [-0.05, 0) is 74.2 Å². The van der Waals surface area contributed by atoms with Crippen molar-refractivity contribution in [2.24, 2.45) is 0 Å². The van der Waals surface area contributed by atoms with Crippen molar-refractivity contribution in [1.29, 1.82) is 10.5 Å². The standard InChI is InChI=1S/C24H20N6/c1-13-9-17(16(4)30(13)21-7-5-6-8-28-21)10-18-14(2)19(11-25)23-22(18)15(3)20(12-26)24(27)29-23/h5-10H,1-4H3,(H2,27,29)/b18-10-. The summed E-state index contributed by atoms with van der Waals surface area (Å²) in [5.74, 6) is 1.01. The van der Waals surface area contributed by atoms with Gasteiger partial charge in [0.05, 0.1) is 16.8 Å². The lowest BCUT2D eigenvalue weighted by molar-refractivity contribution is 0.921. The minimum absolute atomic E-state index is 0.156. The fraction of sp³-hybridized carbons (Fsp3) is 0.167. The quantitative estimate of drug-likeness (QED) is 0.691. The van der Waals surface area contributed by atoms with Crippen LogP contribution in [0.2, 0.25) is 0 Å². The van der Waals surface area contributed by atoms with E-state index in [1.54, 1.807) is 6.20 Å². The van der Waals surface area contributed by atoms with E-state index >= 15 is 0 Å². The first-order valence-corrected chi connectivity index (χ1v) is 9.53. The molecule has 2 N–H and O–H groups in total. The molecule has 0 saturated heterocycles. The lowest BCUT2D eigenvalue weighted by atomic mass is 9.95. The van der Waals surface area contributed by atoms with Gasteiger partial charge >= 0.3 is 0 Å². The van der Waals surface area contributed by atoms with Crippen LogP contribution >= 0.6 is 0 Å². The molecular weight excluding hydrogens is 372 g/mol. The molecule has 0 bridgehead atoms. The van der Waals surface area contributed by atoms with Crippen LogP contribution in [-0.2, 0) is 0 Å². The van der Waals surface area contributed by atoms with E-state index in [0.29, 0.717) is 16.8 Å². The molecule has 0 radical (unpaired) electrons. The Morgan fingerprint density at radius 3 is 2.50 bits per heavy atom. The van der Waals surface area contributed by atoms with Crippen LogP contribution in [0.3, 0.4) is 0 Å². The summed E-state index contributed by atoms with van der Waals surface area (Å²) in [6.45, 7) is 7.85. The molecule has 0 aliphatic heterocycles. The molecule has 0 atom stereocenters. The van der Waals surface area contributed by atoms with E-state index in [2.05, 4.69) is 38.8 Å². The van der Waals surface area contributed by atoms with E-state index in [1.807, 2.05) is 45.9 Å². The average Bonchev–Trinajstić information content (AvgIpc) is 3.15. The third kappa shape index (κ3) is 2.70. The number of hydrogen-bond acceptors (Lipinski definition) is 5. The molecule has 3 aromatic heterocycles. The Balaban J connectivity index is 1.97. The number of nitrogens with two attached hydrogens (primary N) is 1. The van der Waals surface area contributed by atoms with Crippen LogP contribution in [0.4, 0.5) is 5.82 Å². The Morgan fingerprint density at radius 1 is 1.10 bits per heavy atom. The fourth-order valence-corrected chi connectivity index (χ4v) is 4.12. The molecule has 0 saturated carbocycles. The van der Waals surface area contributed by atoms with Crippen molar-refractivity contribution < 1.29 is 0 Å². The molecule has 0 amide bonds. The second kappa shape index (κ2) is 7.02. The highest BCUT2D eigenvalue weighted by Gasteiger charge is 2.30. The van der Waals surface area contributed by atoms with E-state index in [1.165, 1.54) is 0 Å². The number of aromatic nitrogens is 3. The van der Waals surface area contributed by atoms with Gasteiger partial charge in [-0.25, -0.2) is 9.97 Å². The maximum atomic E-state index is 9.73. The highest BCUT2D eigenvalue weighted by atomic mass is 15.1. The maximum absolute atomic E-state index is 9.73. The number of nitriles is 2. The Labute approximate surface area is 175 Å². The fourth-order valence-electron chi connectivity index (χ4n) is 4.12. The maximum Gasteiger partial charge on any atom is 0.142 e. The average molecular weight is 392 g/mol. The third-order valence-corrected chi connectivity index (χ3v) is 5.63. The summed E-state index contributed by atoms with van der Waals surface area (Å²) in [7, 11) is 0. The number of pyridine rings is 2. The normalized spacial score (nSPS) is 14.0. The number of nitrogen functional groups attached to an aromatic ring is 1. The topological polar surface area (TPSA) is 104 Å². The highest BCUT2D eigenvalue weighted by molar-refractivity contribution is 6.08. The first-order valence-electron chi connectivity index (χ1n) is 9.53. The van der Waals surface area contributed by atoms with Crippen molar-refractivity contribution in [1.82, 2.24) is 14.5 Å². The van der Waals surface area contributed by atoms with Crippen molar-refractivity contribution in [2.75, 3.05) is 5.73 Å². The molecular formula is C24H20N6. The molecule has 146 valence electrons. The number of nitrogens with zero attached hydrogens (tertiary/aromatic N) is 5. The van der Waals surface area contributed by atoms with Gasteiger partial charge in [0, 0.05) is 23.1 Å². The molecule has 0 spiro atoms. The van der Waals surface area contributed by atoms with Crippen molar-refractivity contribution in [3.63, 3.8) is 0 Å². The smallest absolute Gasteiger partial charge is 0.142 e. The minimum Gasteiger partial charge on any atom is -0.383 e. The van der Waals surface area contributed by atoms with Crippen LogP contribution in [0.1, 0.15) is 46.3 Å². The van der Waals surface area contributed by atoms with Crippen LogP contribution in [-0.4, -0.2) is 14.5 Å². The SMILES string of the molecule is CC1=C(C#N)c2nc(N)c(C#N)c(C)c2/C1=C\c1cc(C)n(-c2ccccn2)c1C. The molecule has 3 heterocycles. The number of allylic oxidation sites excluding steroid dienone is 3. The van der Waals surface area contributed by atoms with E-state index in [-0.39, 0.29) is 5.82 Å². The van der Waals surface area contributed by atoms with Gasteiger partial charge in [0.25, 0.3) is 0 Å². The second-order valence-electron chi connectivity index (χ2n) is 7.35. The predicted octanol–water partition coefficient (Wildman–Crippen LogP) is 4.50. The molecule has 6 nitrogen and oxygen atoms in total. The van der Waals surface area contributed by atoms with Gasteiger partial charge in [-0.15, -0.1) is 0 Å². The zero-order valence-electron chi connectivity index (χ0n) is 17.3. The van der Waals surface area contributed by atoms with Gasteiger partial charge in [-0.2, -0.15) is 10.5 Å². The Morgan fingerprint density at radius 2 is 1.87 bits per heavy atom. The zero-order valence-corrected chi connectivity index (χ0v) is 17.3. The Kier molecular flexibility index (Phi) is 4.49. The van der Waals surface area contributed by atoms with Gasteiger partial charge in [0.15, 0.2) is 0 Å².